The van der Waals surface area contributed by atoms with Gasteiger partial charge in [-0.25, -0.2) is 0 Å². The number of carbonyl (C=O) groups is 1. The minimum absolute atomic E-state index is 0.00581. The second kappa shape index (κ2) is 6.51. The van der Waals surface area contributed by atoms with Crippen molar-refractivity contribution in [1.82, 2.24) is 0 Å². The Hall–Kier alpha value is -0.960. The third kappa shape index (κ3) is 3.96. The van der Waals surface area contributed by atoms with Crippen molar-refractivity contribution in [2.24, 2.45) is 5.92 Å². The average Bonchev–Trinajstić information content (AvgIpc) is 2.28. The van der Waals surface area contributed by atoms with Crippen LogP contribution in [0.1, 0.15) is 12.5 Å². The van der Waals surface area contributed by atoms with E-state index in [2.05, 4.69) is 12.6 Å². The summed E-state index contributed by atoms with van der Waals surface area (Å²) in [7, 11) is 0. The van der Waals surface area contributed by atoms with Gasteiger partial charge in [0.15, 0.2) is 0 Å². The van der Waals surface area contributed by atoms with Gasteiger partial charge in [0.05, 0.1) is 6.61 Å². The second-order valence-electron chi connectivity index (χ2n) is 3.36. The first-order valence-electron chi connectivity index (χ1n) is 5.08. The van der Waals surface area contributed by atoms with Gasteiger partial charge in [0.1, 0.15) is 12.0 Å². The number of hydrogen-bond donors (Lipinski definition) is 1. The molecule has 1 rings (SSSR count). The molecule has 0 fully saturated rings. The molecular formula is C12H16O2S. The first-order chi connectivity index (χ1) is 7.30. The van der Waals surface area contributed by atoms with Crippen LogP contribution < -0.4 is 4.74 Å². The Labute approximate surface area is 96.1 Å². The van der Waals surface area contributed by atoms with Crippen molar-refractivity contribution in [3.05, 3.63) is 29.8 Å². The summed E-state index contributed by atoms with van der Waals surface area (Å²) in [5.41, 5.74) is 1.14. The van der Waals surface area contributed by atoms with E-state index in [4.69, 9.17) is 4.74 Å². The smallest absolute Gasteiger partial charge is 0.124 e. The van der Waals surface area contributed by atoms with Crippen LogP contribution in [0.15, 0.2) is 24.3 Å². The molecule has 0 spiro atoms. The lowest BCUT2D eigenvalue weighted by Crippen LogP contribution is -2.07. The maximum absolute atomic E-state index is 10.6. The van der Waals surface area contributed by atoms with Crippen molar-refractivity contribution in [2.75, 3.05) is 12.4 Å². The molecule has 15 heavy (non-hydrogen) atoms. The van der Waals surface area contributed by atoms with E-state index in [0.717, 1.165) is 24.0 Å². The third-order valence-electron chi connectivity index (χ3n) is 2.16. The molecule has 0 N–H and O–H groups in total. The molecular weight excluding hydrogens is 208 g/mol. The van der Waals surface area contributed by atoms with Gasteiger partial charge in [0.25, 0.3) is 0 Å². The molecule has 0 heterocycles. The Morgan fingerprint density at radius 3 is 2.53 bits per heavy atom. The number of rotatable bonds is 6. The van der Waals surface area contributed by atoms with E-state index >= 15 is 0 Å². The molecule has 0 bridgehead atoms. The van der Waals surface area contributed by atoms with E-state index in [0.29, 0.717) is 12.4 Å². The molecule has 0 saturated carbocycles. The maximum Gasteiger partial charge on any atom is 0.124 e. The largest absolute Gasteiger partial charge is 0.494 e. The lowest BCUT2D eigenvalue weighted by molar-refractivity contribution is -0.110. The third-order valence-corrected chi connectivity index (χ3v) is 2.63. The monoisotopic (exact) mass is 224 g/mol. The average molecular weight is 224 g/mol. The Morgan fingerprint density at radius 1 is 1.40 bits per heavy atom. The minimum Gasteiger partial charge on any atom is -0.494 e. The van der Waals surface area contributed by atoms with Gasteiger partial charge in [0, 0.05) is 11.7 Å². The van der Waals surface area contributed by atoms with Crippen LogP contribution in [0.2, 0.25) is 0 Å². The molecule has 0 aliphatic carbocycles. The van der Waals surface area contributed by atoms with Gasteiger partial charge in [0.2, 0.25) is 0 Å². The van der Waals surface area contributed by atoms with Gasteiger partial charge in [-0.3, -0.25) is 0 Å². The van der Waals surface area contributed by atoms with E-state index in [1.807, 2.05) is 31.2 Å². The molecule has 1 atom stereocenters. The van der Waals surface area contributed by atoms with Crippen LogP contribution in [0.25, 0.3) is 0 Å². The fourth-order valence-electron chi connectivity index (χ4n) is 1.35. The van der Waals surface area contributed by atoms with Gasteiger partial charge in [-0.1, -0.05) is 12.1 Å². The number of thiol groups is 1. The zero-order valence-electron chi connectivity index (χ0n) is 8.85. The number of hydrogen-bond acceptors (Lipinski definition) is 3. The molecule has 0 radical (unpaired) electrons. The number of aldehydes is 1. The summed E-state index contributed by atoms with van der Waals surface area (Å²) in [4.78, 5) is 10.6. The molecule has 3 heteroatoms. The van der Waals surface area contributed by atoms with Gasteiger partial charge >= 0.3 is 0 Å². The lowest BCUT2D eigenvalue weighted by atomic mass is 10.0. The highest BCUT2D eigenvalue weighted by atomic mass is 32.1. The quantitative estimate of drug-likeness (QED) is 0.593. The first kappa shape index (κ1) is 12.1. The summed E-state index contributed by atoms with van der Waals surface area (Å²) in [6, 6.07) is 7.84. The van der Waals surface area contributed by atoms with Gasteiger partial charge in [-0.15, -0.1) is 0 Å². The highest BCUT2D eigenvalue weighted by Crippen LogP contribution is 2.15. The van der Waals surface area contributed by atoms with Gasteiger partial charge < -0.3 is 9.53 Å². The summed E-state index contributed by atoms with van der Waals surface area (Å²) < 4.78 is 5.33. The Kier molecular flexibility index (Phi) is 5.26. The fraction of sp³-hybridized carbons (Fsp3) is 0.417. The van der Waals surface area contributed by atoms with E-state index in [1.165, 1.54) is 0 Å². The Bertz CT molecular complexity index is 295. The summed E-state index contributed by atoms with van der Waals surface area (Å²) in [6.45, 7) is 2.63. The SMILES string of the molecule is CCOc1ccc(CC(C=O)CS)cc1. The van der Waals surface area contributed by atoms with E-state index in [1.54, 1.807) is 0 Å². The van der Waals surface area contributed by atoms with Gasteiger partial charge in [-0.05, 0) is 31.0 Å². The molecule has 0 saturated heterocycles. The van der Waals surface area contributed by atoms with Crippen LogP contribution in [0.5, 0.6) is 5.75 Å². The molecule has 1 unspecified atom stereocenters. The van der Waals surface area contributed by atoms with Crippen molar-refractivity contribution in [3.8, 4) is 5.75 Å². The Morgan fingerprint density at radius 2 is 2.07 bits per heavy atom. The van der Waals surface area contributed by atoms with Crippen LogP contribution in [-0.2, 0) is 11.2 Å². The normalized spacial score (nSPS) is 12.1. The number of ether oxygens (including phenoxy) is 1. The molecule has 0 amide bonds. The van der Waals surface area contributed by atoms with Crippen molar-refractivity contribution in [1.29, 1.82) is 0 Å². The Balaban J connectivity index is 2.59. The molecule has 1 aromatic carbocycles. The molecule has 82 valence electrons. The zero-order valence-corrected chi connectivity index (χ0v) is 9.74. The number of carbonyl (C=O) groups excluding carboxylic acids is 1. The maximum atomic E-state index is 10.6. The van der Waals surface area contributed by atoms with Gasteiger partial charge in [-0.2, -0.15) is 12.6 Å². The van der Waals surface area contributed by atoms with Crippen LogP contribution in [0, 0.1) is 5.92 Å². The summed E-state index contributed by atoms with van der Waals surface area (Å²) >= 11 is 4.12. The van der Waals surface area contributed by atoms with Crippen LogP contribution in [-0.4, -0.2) is 18.6 Å². The molecule has 2 nitrogen and oxygen atoms in total. The van der Waals surface area contributed by atoms with Crippen LogP contribution >= 0.6 is 12.6 Å². The van der Waals surface area contributed by atoms with E-state index in [-0.39, 0.29) is 5.92 Å². The molecule has 0 aliphatic heterocycles. The molecule has 1 aromatic rings. The van der Waals surface area contributed by atoms with Crippen molar-refractivity contribution in [3.63, 3.8) is 0 Å². The van der Waals surface area contributed by atoms with Crippen LogP contribution in [0.4, 0.5) is 0 Å². The fourth-order valence-corrected chi connectivity index (χ4v) is 1.56. The standard InChI is InChI=1S/C12H16O2S/c1-2-14-12-5-3-10(4-6-12)7-11(8-13)9-15/h3-6,8,11,15H,2,7,9H2,1H3. The second-order valence-corrected chi connectivity index (χ2v) is 3.72. The summed E-state index contributed by atoms with van der Waals surface area (Å²) in [5, 5.41) is 0. The van der Waals surface area contributed by atoms with Crippen molar-refractivity contribution in [2.45, 2.75) is 13.3 Å². The highest BCUT2D eigenvalue weighted by molar-refractivity contribution is 7.80. The number of benzene rings is 1. The van der Waals surface area contributed by atoms with Crippen molar-refractivity contribution < 1.29 is 9.53 Å². The zero-order chi connectivity index (χ0) is 11.1. The predicted octanol–water partition coefficient (Wildman–Crippen LogP) is 2.37. The van der Waals surface area contributed by atoms with Crippen molar-refractivity contribution >= 4 is 18.9 Å². The van der Waals surface area contributed by atoms with Crippen LogP contribution in [0.3, 0.4) is 0 Å². The predicted molar refractivity (Wildman–Crippen MR) is 64.7 cm³/mol. The minimum atomic E-state index is 0.00581. The highest BCUT2D eigenvalue weighted by Gasteiger charge is 2.05. The molecule has 0 aromatic heterocycles. The van der Waals surface area contributed by atoms with E-state index in [9.17, 15) is 4.79 Å². The summed E-state index contributed by atoms with van der Waals surface area (Å²) in [5.74, 6) is 1.47. The lowest BCUT2D eigenvalue weighted by Gasteiger charge is -2.08. The summed E-state index contributed by atoms with van der Waals surface area (Å²) in [6.07, 6.45) is 1.71. The first-order valence-corrected chi connectivity index (χ1v) is 5.71. The topological polar surface area (TPSA) is 26.3 Å². The molecule has 0 aliphatic rings. The van der Waals surface area contributed by atoms with E-state index < -0.39 is 0 Å².